The first kappa shape index (κ1) is 18.6. The lowest BCUT2D eigenvalue weighted by molar-refractivity contribution is 0.0528. The van der Waals surface area contributed by atoms with Crippen molar-refractivity contribution in [2.45, 2.75) is 26.2 Å². The van der Waals surface area contributed by atoms with E-state index in [4.69, 9.17) is 9.15 Å². The molecule has 1 aromatic heterocycles. The number of carbonyl (C=O) groups is 1. The van der Waals surface area contributed by atoms with E-state index in [-0.39, 0.29) is 12.4 Å². The van der Waals surface area contributed by atoms with Crippen LogP contribution in [-0.4, -0.2) is 42.2 Å². The molecule has 3 aromatic rings. The summed E-state index contributed by atoms with van der Waals surface area (Å²) in [6, 6.07) is 12.9. The molecule has 1 N–H and O–H groups in total. The number of fused-ring (bicyclic) bond motifs is 1. The van der Waals surface area contributed by atoms with Crippen LogP contribution in [0.5, 0.6) is 5.75 Å². The molecule has 2 aromatic carbocycles. The van der Waals surface area contributed by atoms with Crippen LogP contribution in [0.2, 0.25) is 0 Å². The molecule has 0 bridgehead atoms. The average Bonchev–Trinajstić information content (AvgIpc) is 3.06. The van der Waals surface area contributed by atoms with Gasteiger partial charge in [0, 0.05) is 16.5 Å². The summed E-state index contributed by atoms with van der Waals surface area (Å²) in [5.41, 5.74) is 2.57. The summed E-state index contributed by atoms with van der Waals surface area (Å²) >= 11 is 0. The van der Waals surface area contributed by atoms with Crippen LogP contribution < -0.4 is 0 Å². The predicted molar refractivity (Wildman–Crippen MR) is 109 cm³/mol. The van der Waals surface area contributed by atoms with Gasteiger partial charge in [0.15, 0.2) is 0 Å². The minimum absolute atomic E-state index is 0.196. The highest BCUT2D eigenvalue weighted by Crippen LogP contribution is 2.39. The van der Waals surface area contributed by atoms with Crippen LogP contribution in [0.3, 0.4) is 0 Å². The fourth-order valence-electron chi connectivity index (χ4n) is 3.78. The molecule has 0 saturated carbocycles. The SMILES string of the molecule is CCOC(=O)c1c(-c2ccccc2)oc2ccc(O)c(CCCN3CCC3)c12. The number of phenols is 1. The molecular weight excluding hydrogens is 354 g/mol. The van der Waals surface area contributed by atoms with Crippen molar-refractivity contribution in [1.82, 2.24) is 4.90 Å². The number of hydrogen-bond acceptors (Lipinski definition) is 5. The molecular formula is C23H25NO4. The zero-order valence-electron chi connectivity index (χ0n) is 16.1. The summed E-state index contributed by atoms with van der Waals surface area (Å²) < 4.78 is 11.4. The van der Waals surface area contributed by atoms with Crippen LogP contribution >= 0.6 is 0 Å². The number of aromatic hydroxyl groups is 1. The predicted octanol–water partition coefficient (Wildman–Crippen LogP) is 4.62. The molecule has 1 fully saturated rings. The molecule has 0 amide bonds. The van der Waals surface area contributed by atoms with Gasteiger partial charge >= 0.3 is 5.97 Å². The number of furan rings is 1. The van der Waals surface area contributed by atoms with Crippen molar-refractivity contribution in [3.05, 3.63) is 53.6 Å². The van der Waals surface area contributed by atoms with Crippen LogP contribution in [0.25, 0.3) is 22.3 Å². The van der Waals surface area contributed by atoms with E-state index in [1.54, 1.807) is 19.1 Å². The van der Waals surface area contributed by atoms with Crippen molar-refractivity contribution in [2.24, 2.45) is 0 Å². The highest BCUT2D eigenvalue weighted by molar-refractivity contribution is 6.10. The van der Waals surface area contributed by atoms with Crippen molar-refractivity contribution >= 4 is 16.9 Å². The number of esters is 1. The van der Waals surface area contributed by atoms with Crippen molar-refractivity contribution in [3.63, 3.8) is 0 Å². The van der Waals surface area contributed by atoms with Crippen LogP contribution in [0, 0.1) is 0 Å². The van der Waals surface area contributed by atoms with Gasteiger partial charge in [0.2, 0.25) is 0 Å². The first-order valence-corrected chi connectivity index (χ1v) is 9.91. The molecule has 1 aliphatic heterocycles. The molecule has 0 radical (unpaired) electrons. The van der Waals surface area contributed by atoms with Crippen molar-refractivity contribution in [3.8, 4) is 17.1 Å². The minimum atomic E-state index is -0.422. The van der Waals surface area contributed by atoms with Crippen molar-refractivity contribution < 1.29 is 19.1 Å². The summed E-state index contributed by atoms with van der Waals surface area (Å²) in [6.07, 6.45) is 2.86. The Labute approximate surface area is 164 Å². The molecule has 1 saturated heterocycles. The lowest BCUT2D eigenvalue weighted by atomic mass is 9.98. The maximum absolute atomic E-state index is 12.8. The highest BCUT2D eigenvalue weighted by atomic mass is 16.5. The number of aryl methyl sites for hydroxylation is 1. The average molecular weight is 379 g/mol. The third-order valence-electron chi connectivity index (χ3n) is 5.30. The number of phenolic OH excluding ortho intramolecular Hbond substituents is 1. The summed E-state index contributed by atoms with van der Waals surface area (Å²) in [6.45, 7) is 5.35. The highest BCUT2D eigenvalue weighted by Gasteiger charge is 2.26. The van der Waals surface area contributed by atoms with Gasteiger partial charge in [-0.1, -0.05) is 30.3 Å². The number of ether oxygens (including phenoxy) is 1. The third kappa shape index (κ3) is 3.50. The molecule has 0 aliphatic carbocycles. The van der Waals surface area contributed by atoms with E-state index in [9.17, 15) is 9.90 Å². The smallest absolute Gasteiger partial charge is 0.342 e. The molecule has 28 heavy (non-hydrogen) atoms. The van der Waals surface area contributed by atoms with Gasteiger partial charge in [-0.3, -0.25) is 0 Å². The van der Waals surface area contributed by atoms with Crippen LogP contribution in [0.15, 0.2) is 46.9 Å². The van der Waals surface area contributed by atoms with Crippen LogP contribution in [0.1, 0.15) is 35.7 Å². The standard InChI is InChI=1S/C23H25NO4/c1-2-27-23(26)21-20-17(10-6-13-24-14-7-15-24)18(25)11-12-19(20)28-22(21)16-8-4-3-5-9-16/h3-5,8-9,11-12,25H,2,6-7,10,13-15H2,1H3. The van der Waals surface area contributed by atoms with E-state index in [0.717, 1.165) is 37.2 Å². The van der Waals surface area contributed by atoms with Gasteiger partial charge in [-0.05, 0) is 58.0 Å². The summed E-state index contributed by atoms with van der Waals surface area (Å²) in [5, 5.41) is 11.2. The molecule has 2 heterocycles. The van der Waals surface area contributed by atoms with Crippen LogP contribution in [0.4, 0.5) is 0 Å². The van der Waals surface area contributed by atoms with E-state index < -0.39 is 5.97 Å². The van der Waals surface area contributed by atoms with E-state index in [2.05, 4.69) is 4.90 Å². The van der Waals surface area contributed by atoms with Crippen molar-refractivity contribution in [2.75, 3.05) is 26.2 Å². The molecule has 5 heteroatoms. The number of hydrogen-bond donors (Lipinski definition) is 1. The zero-order chi connectivity index (χ0) is 19.5. The molecule has 4 rings (SSSR count). The lowest BCUT2D eigenvalue weighted by Crippen LogP contribution is -2.37. The normalized spacial score (nSPS) is 14.2. The Kier molecular flexibility index (Phi) is 5.35. The summed E-state index contributed by atoms with van der Waals surface area (Å²) in [4.78, 5) is 15.2. The number of carbonyl (C=O) groups excluding carboxylic acids is 1. The topological polar surface area (TPSA) is 62.9 Å². The van der Waals surface area contributed by atoms with Gasteiger partial charge in [0.1, 0.15) is 22.7 Å². The Morgan fingerprint density at radius 1 is 1.18 bits per heavy atom. The molecule has 5 nitrogen and oxygen atoms in total. The number of benzene rings is 2. The molecule has 146 valence electrons. The second-order valence-electron chi connectivity index (χ2n) is 7.13. The summed E-state index contributed by atoms with van der Waals surface area (Å²) in [5.74, 6) is 0.264. The third-order valence-corrected chi connectivity index (χ3v) is 5.30. The Morgan fingerprint density at radius 3 is 2.64 bits per heavy atom. The van der Waals surface area contributed by atoms with Gasteiger partial charge in [-0.2, -0.15) is 0 Å². The fraction of sp³-hybridized carbons (Fsp3) is 0.348. The molecule has 1 aliphatic rings. The Bertz CT molecular complexity index is 973. The second kappa shape index (κ2) is 8.07. The van der Waals surface area contributed by atoms with E-state index in [1.807, 2.05) is 30.3 Å². The molecule has 0 spiro atoms. The van der Waals surface area contributed by atoms with Gasteiger partial charge < -0.3 is 19.2 Å². The maximum atomic E-state index is 12.8. The minimum Gasteiger partial charge on any atom is -0.508 e. The quantitative estimate of drug-likeness (QED) is 0.607. The van der Waals surface area contributed by atoms with Gasteiger partial charge in [0.05, 0.1) is 6.61 Å². The molecule has 0 unspecified atom stereocenters. The first-order valence-electron chi connectivity index (χ1n) is 9.91. The van der Waals surface area contributed by atoms with Gasteiger partial charge in [-0.15, -0.1) is 0 Å². The Balaban J connectivity index is 1.80. The monoisotopic (exact) mass is 379 g/mol. The maximum Gasteiger partial charge on any atom is 0.342 e. The number of likely N-dealkylation sites (tertiary alicyclic amines) is 1. The van der Waals surface area contributed by atoms with E-state index >= 15 is 0 Å². The van der Waals surface area contributed by atoms with E-state index in [1.165, 1.54) is 6.42 Å². The number of nitrogens with zero attached hydrogens (tertiary/aromatic N) is 1. The Morgan fingerprint density at radius 2 is 1.96 bits per heavy atom. The Hall–Kier alpha value is -2.79. The first-order chi connectivity index (χ1) is 13.7. The van der Waals surface area contributed by atoms with Gasteiger partial charge in [-0.25, -0.2) is 4.79 Å². The fourth-order valence-corrected chi connectivity index (χ4v) is 3.78. The van der Waals surface area contributed by atoms with Gasteiger partial charge in [0.25, 0.3) is 0 Å². The van der Waals surface area contributed by atoms with Crippen molar-refractivity contribution in [1.29, 1.82) is 0 Å². The second-order valence-corrected chi connectivity index (χ2v) is 7.13. The van der Waals surface area contributed by atoms with Crippen LogP contribution in [-0.2, 0) is 11.2 Å². The zero-order valence-corrected chi connectivity index (χ0v) is 16.1. The largest absolute Gasteiger partial charge is 0.508 e. The summed E-state index contributed by atoms with van der Waals surface area (Å²) in [7, 11) is 0. The number of rotatable bonds is 7. The van der Waals surface area contributed by atoms with E-state index in [0.29, 0.717) is 28.7 Å². The molecule has 0 atom stereocenters. The lowest BCUT2D eigenvalue weighted by Gasteiger charge is -2.30.